The van der Waals surface area contributed by atoms with E-state index >= 15 is 0 Å². The van der Waals surface area contributed by atoms with Gasteiger partial charge in [0.1, 0.15) is 11.3 Å². The molecule has 1 fully saturated rings. The van der Waals surface area contributed by atoms with Gasteiger partial charge in [0.25, 0.3) is 0 Å². The summed E-state index contributed by atoms with van der Waals surface area (Å²) in [7, 11) is 0. The molecule has 0 saturated heterocycles. The summed E-state index contributed by atoms with van der Waals surface area (Å²) < 4.78 is 5.64. The van der Waals surface area contributed by atoms with E-state index < -0.39 is 5.97 Å². The van der Waals surface area contributed by atoms with Crippen LogP contribution in [0.25, 0.3) is 11.0 Å². The molecule has 1 aliphatic rings. The number of furan rings is 1. The average Bonchev–Trinajstić information content (AvgIpc) is 2.95. The molecular weight excluding hydrogens is 204 g/mol. The molecule has 16 heavy (non-hydrogen) atoms. The number of carboxylic acids is 1. The molecule has 1 aromatic heterocycles. The Morgan fingerprint density at radius 1 is 1.44 bits per heavy atom. The zero-order valence-corrected chi connectivity index (χ0v) is 8.93. The number of carbonyl (C=O) groups is 1. The second-order valence-corrected chi connectivity index (χ2v) is 4.36. The van der Waals surface area contributed by atoms with Gasteiger partial charge in [0, 0.05) is 16.9 Å². The number of aryl methyl sites for hydroxylation is 1. The zero-order chi connectivity index (χ0) is 11.3. The van der Waals surface area contributed by atoms with Crippen LogP contribution in [0.1, 0.15) is 23.7 Å². The third kappa shape index (κ3) is 1.24. The van der Waals surface area contributed by atoms with E-state index in [2.05, 4.69) is 0 Å². The van der Waals surface area contributed by atoms with Gasteiger partial charge in [0.15, 0.2) is 0 Å². The van der Waals surface area contributed by atoms with Gasteiger partial charge in [0.2, 0.25) is 0 Å². The van der Waals surface area contributed by atoms with E-state index in [1.807, 2.05) is 31.2 Å². The van der Waals surface area contributed by atoms with Gasteiger partial charge in [-0.25, -0.2) is 0 Å². The summed E-state index contributed by atoms with van der Waals surface area (Å²) in [5, 5.41) is 10.0. The molecule has 0 amide bonds. The maximum atomic E-state index is 10.9. The lowest BCUT2D eigenvalue weighted by Crippen LogP contribution is -1.99. The fraction of sp³-hybridized carbons (Fsp3) is 0.308. The summed E-state index contributed by atoms with van der Waals surface area (Å²) in [5.41, 5.74) is 1.94. The van der Waals surface area contributed by atoms with Gasteiger partial charge in [-0.3, -0.25) is 4.79 Å². The van der Waals surface area contributed by atoms with Gasteiger partial charge in [-0.15, -0.1) is 0 Å². The van der Waals surface area contributed by atoms with E-state index in [0.29, 0.717) is 0 Å². The second-order valence-electron chi connectivity index (χ2n) is 4.36. The summed E-state index contributed by atoms with van der Waals surface area (Å²) in [6.07, 6.45) is 0.736. The normalized spacial score (nSPS) is 23.6. The summed E-state index contributed by atoms with van der Waals surface area (Å²) in [6.45, 7) is 1.91. The summed E-state index contributed by atoms with van der Waals surface area (Å²) in [4.78, 5) is 10.9. The van der Waals surface area contributed by atoms with Crippen LogP contribution in [0.3, 0.4) is 0 Å². The van der Waals surface area contributed by atoms with Crippen molar-refractivity contribution in [2.75, 3.05) is 0 Å². The molecule has 0 radical (unpaired) electrons. The maximum absolute atomic E-state index is 10.9. The van der Waals surface area contributed by atoms with Crippen LogP contribution >= 0.6 is 0 Å². The Hall–Kier alpha value is -1.77. The molecule has 2 atom stereocenters. The van der Waals surface area contributed by atoms with Crippen LogP contribution < -0.4 is 0 Å². The minimum absolute atomic E-state index is 0.140. The van der Waals surface area contributed by atoms with Gasteiger partial charge in [-0.1, -0.05) is 18.2 Å². The first-order chi connectivity index (χ1) is 7.68. The Balaban J connectivity index is 2.11. The highest BCUT2D eigenvalue weighted by molar-refractivity contribution is 5.85. The fourth-order valence-electron chi connectivity index (χ4n) is 2.44. The van der Waals surface area contributed by atoms with E-state index in [1.165, 1.54) is 0 Å². The predicted molar refractivity (Wildman–Crippen MR) is 59.4 cm³/mol. The van der Waals surface area contributed by atoms with Crippen molar-refractivity contribution in [3.8, 4) is 0 Å². The molecule has 0 aliphatic heterocycles. The Labute approximate surface area is 92.7 Å². The number of hydrogen-bond donors (Lipinski definition) is 1. The molecule has 2 aromatic rings. The molecule has 3 nitrogen and oxygen atoms in total. The molecular formula is C13H12O3. The van der Waals surface area contributed by atoms with E-state index in [1.54, 1.807) is 0 Å². The van der Waals surface area contributed by atoms with Crippen LogP contribution in [-0.4, -0.2) is 11.1 Å². The highest BCUT2D eigenvalue weighted by Crippen LogP contribution is 2.51. The third-order valence-corrected chi connectivity index (χ3v) is 3.30. The van der Waals surface area contributed by atoms with Crippen molar-refractivity contribution in [1.82, 2.24) is 0 Å². The lowest BCUT2D eigenvalue weighted by atomic mass is 10.1. The molecule has 0 bridgehead atoms. The largest absolute Gasteiger partial charge is 0.481 e. The quantitative estimate of drug-likeness (QED) is 0.839. The van der Waals surface area contributed by atoms with Crippen LogP contribution in [-0.2, 0) is 4.79 Å². The summed E-state index contributed by atoms with van der Waals surface area (Å²) in [6, 6.07) is 7.80. The minimum atomic E-state index is -0.699. The molecule has 1 aromatic carbocycles. The number of benzene rings is 1. The Kier molecular flexibility index (Phi) is 1.84. The van der Waals surface area contributed by atoms with Crippen molar-refractivity contribution in [3.63, 3.8) is 0 Å². The van der Waals surface area contributed by atoms with Gasteiger partial charge in [-0.2, -0.15) is 0 Å². The smallest absolute Gasteiger partial charge is 0.307 e. The van der Waals surface area contributed by atoms with Crippen LogP contribution in [0.15, 0.2) is 28.7 Å². The Bertz CT molecular complexity index is 568. The molecule has 2 unspecified atom stereocenters. The van der Waals surface area contributed by atoms with Crippen molar-refractivity contribution in [3.05, 3.63) is 35.6 Å². The van der Waals surface area contributed by atoms with Crippen LogP contribution in [0.5, 0.6) is 0 Å². The fourth-order valence-corrected chi connectivity index (χ4v) is 2.44. The van der Waals surface area contributed by atoms with Crippen molar-refractivity contribution in [2.45, 2.75) is 19.3 Å². The van der Waals surface area contributed by atoms with Gasteiger partial charge >= 0.3 is 5.97 Å². The third-order valence-electron chi connectivity index (χ3n) is 3.30. The van der Waals surface area contributed by atoms with E-state index in [4.69, 9.17) is 9.52 Å². The Morgan fingerprint density at radius 3 is 2.88 bits per heavy atom. The van der Waals surface area contributed by atoms with E-state index in [9.17, 15) is 4.79 Å². The molecule has 1 saturated carbocycles. The molecule has 1 heterocycles. The SMILES string of the molecule is Cc1oc2ccccc2c1C1CC1C(=O)O. The number of fused-ring (bicyclic) bond motifs is 1. The first-order valence-electron chi connectivity index (χ1n) is 5.39. The maximum Gasteiger partial charge on any atom is 0.307 e. The van der Waals surface area contributed by atoms with Crippen molar-refractivity contribution in [1.29, 1.82) is 0 Å². The molecule has 0 spiro atoms. The van der Waals surface area contributed by atoms with E-state index in [0.717, 1.165) is 28.7 Å². The number of para-hydroxylation sites is 1. The van der Waals surface area contributed by atoms with E-state index in [-0.39, 0.29) is 11.8 Å². The highest BCUT2D eigenvalue weighted by Gasteiger charge is 2.46. The lowest BCUT2D eigenvalue weighted by molar-refractivity contribution is -0.138. The van der Waals surface area contributed by atoms with Crippen molar-refractivity contribution >= 4 is 16.9 Å². The number of aliphatic carboxylic acids is 1. The lowest BCUT2D eigenvalue weighted by Gasteiger charge is -1.96. The first kappa shape index (κ1) is 9.46. The number of hydrogen-bond acceptors (Lipinski definition) is 2. The van der Waals surface area contributed by atoms with Crippen LogP contribution in [0.4, 0.5) is 0 Å². The molecule has 1 aliphatic carbocycles. The minimum Gasteiger partial charge on any atom is -0.481 e. The predicted octanol–water partition coefficient (Wildman–Crippen LogP) is 2.93. The number of carboxylic acid groups (broad SMARTS) is 1. The van der Waals surface area contributed by atoms with Crippen molar-refractivity contribution < 1.29 is 14.3 Å². The summed E-state index contributed by atoms with van der Waals surface area (Å²) >= 11 is 0. The standard InChI is InChI=1S/C13H12O3/c1-7-12(9-6-10(9)13(14)15)8-4-2-3-5-11(8)16-7/h2-5,9-10H,6H2,1H3,(H,14,15). The average molecular weight is 216 g/mol. The first-order valence-corrected chi connectivity index (χ1v) is 5.39. The van der Waals surface area contributed by atoms with Crippen LogP contribution in [0, 0.1) is 12.8 Å². The van der Waals surface area contributed by atoms with Crippen molar-refractivity contribution in [2.24, 2.45) is 5.92 Å². The highest BCUT2D eigenvalue weighted by atomic mass is 16.4. The zero-order valence-electron chi connectivity index (χ0n) is 8.93. The number of rotatable bonds is 2. The van der Waals surface area contributed by atoms with Crippen LogP contribution in [0.2, 0.25) is 0 Å². The van der Waals surface area contributed by atoms with Gasteiger partial charge in [0.05, 0.1) is 5.92 Å². The van der Waals surface area contributed by atoms with Gasteiger partial charge < -0.3 is 9.52 Å². The molecule has 82 valence electrons. The topological polar surface area (TPSA) is 50.4 Å². The molecule has 3 rings (SSSR count). The summed E-state index contributed by atoms with van der Waals surface area (Å²) in [5.74, 6) is 0.0745. The van der Waals surface area contributed by atoms with Gasteiger partial charge in [-0.05, 0) is 19.4 Å². The monoisotopic (exact) mass is 216 g/mol. The second kappa shape index (κ2) is 3.11. The molecule has 1 N–H and O–H groups in total. The Morgan fingerprint density at radius 2 is 2.19 bits per heavy atom. The molecule has 3 heteroatoms.